The number of ether oxygens (including phenoxy) is 2. The summed E-state index contributed by atoms with van der Waals surface area (Å²) in [5.74, 6) is 2.66. The van der Waals surface area contributed by atoms with Gasteiger partial charge in [-0.15, -0.1) is 0 Å². The zero-order chi connectivity index (χ0) is 27.8. The Morgan fingerprint density at radius 3 is 1.79 bits per heavy atom. The van der Waals surface area contributed by atoms with Crippen LogP contribution < -0.4 is 20.9 Å². The van der Waals surface area contributed by atoms with E-state index >= 15 is 0 Å². The third-order valence-electron chi connectivity index (χ3n) is 6.79. The Labute approximate surface area is 233 Å². The van der Waals surface area contributed by atoms with Crippen molar-refractivity contribution in [1.82, 2.24) is 0 Å². The van der Waals surface area contributed by atoms with E-state index in [0.29, 0.717) is 36.4 Å². The maximum atomic E-state index is 6.83. The molecule has 3 rings (SSSR count). The van der Waals surface area contributed by atoms with Crippen LogP contribution in [-0.2, 0) is 0 Å². The molecule has 0 amide bonds. The highest BCUT2D eigenvalue weighted by Crippen LogP contribution is 2.42. The molecule has 0 aliphatic heterocycles. The lowest BCUT2D eigenvalue weighted by atomic mass is 9.79. The maximum absolute atomic E-state index is 6.83. The molecule has 4 N–H and O–H groups in total. The second-order valence-corrected chi connectivity index (χ2v) is 10.8. The fourth-order valence-electron chi connectivity index (χ4n) is 4.20. The summed E-state index contributed by atoms with van der Waals surface area (Å²) < 4.78 is 16.8. The number of benzene rings is 2. The molecule has 0 saturated carbocycles. The van der Waals surface area contributed by atoms with Crippen LogP contribution in [0.1, 0.15) is 65.5 Å². The largest absolute Gasteiger partial charge is 0.493 e. The molecule has 0 bridgehead atoms. The molecule has 0 radical (unpaired) electrons. The third kappa shape index (κ3) is 6.84. The molecule has 1 atom stereocenters. The SMILES string of the molecule is CC/C(C)=C1\C(c2ccc(OCC(C)C)cc2)=C(N)C(N)=C(c2ccc(OCC(C)CC)cc2)\C1=N\SC. The second-order valence-electron chi connectivity index (χ2n) is 10.3. The molecule has 1 unspecified atom stereocenters. The van der Waals surface area contributed by atoms with Crippen LogP contribution in [0.15, 0.2) is 75.5 Å². The molecule has 5 nitrogen and oxygen atoms in total. The Kier molecular flexibility index (Phi) is 10.5. The fraction of sp³-hybridized carbons (Fsp3) is 0.406. The third-order valence-corrected chi connectivity index (χ3v) is 7.16. The lowest BCUT2D eigenvalue weighted by Crippen LogP contribution is -2.26. The maximum Gasteiger partial charge on any atom is 0.119 e. The minimum Gasteiger partial charge on any atom is -0.493 e. The van der Waals surface area contributed by atoms with Crippen molar-refractivity contribution in [2.24, 2.45) is 27.7 Å². The molecule has 0 spiro atoms. The van der Waals surface area contributed by atoms with E-state index < -0.39 is 0 Å². The first-order valence-electron chi connectivity index (χ1n) is 13.5. The number of nitrogens with zero attached hydrogens (tertiary/aromatic N) is 1. The van der Waals surface area contributed by atoms with Crippen molar-refractivity contribution >= 4 is 28.8 Å². The lowest BCUT2D eigenvalue weighted by molar-refractivity contribution is 0.256. The van der Waals surface area contributed by atoms with Crippen LogP contribution in [0.25, 0.3) is 11.1 Å². The van der Waals surface area contributed by atoms with Gasteiger partial charge in [0.25, 0.3) is 0 Å². The first-order valence-corrected chi connectivity index (χ1v) is 14.7. The Bertz CT molecular complexity index is 1220. The highest BCUT2D eigenvalue weighted by molar-refractivity contribution is 7.97. The van der Waals surface area contributed by atoms with Crippen molar-refractivity contribution in [3.05, 3.63) is 82.2 Å². The predicted molar refractivity (Wildman–Crippen MR) is 164 cm³/mol. The van der Waals surface area contributed by atoms with Crippen molar-refractivity contribution in [3.8, 4) is 11.5 Å². The average molecular weight is 534 g/mol. The van der Waals surface area contributed by atoms with Crippen LogP contribution >= 0.6 is 11.9 Å². The summed E-state index contributed by atoms with van der Waals surface area (Å²) in [5, 5.41) is 0. The molecule has 6 heteroatoms. The number of hydrogen-bond donors (Lipinski definition) is 2. The number of allylic oxidation sites excluding steroid dienone is 4. The van der Waals surface area contributed by atoms with Gasteiger partial charge < -0.3 is 20.9 Å². The lowest BCUT2D eigenvalue weighted by Gasteiger charge is -2.28. The van der Waals surface area contributed by atoms with E-state index in [4.69, 9.17) is 25.3 Å². The van der Waals surface area contributed by atoms with Gasteiger partial charge in [-0.05, 0) is 72.5 Å². The molecule has 0 heterocycles. The summed E-state index contributed by atoms with van der Waals surface area (Å²) in [5.41, 5.74) is 21.6. The summed E-state index contributed by atoms with van der Waals surface area (Å²) in [6, 6.07) is 16.2. The standard InChI is InChI=1S/C32H43N3O2S/c1-8-21(5)19-37-26-16-12-24(13-17-26)29-31(34)30(33)28(27(22(6)9-2)32(29)35-38-7)23-10-14-25(15-11-23)36-18-20(3)4/h10-17,20-21H,8-9,18-19,33-34H2,1-7H3/b27-22+,35-32+. The van der Waals surface area contributed by atoms with Gasteiger partial charge >= 0.3 is 0 Å². The van der Waals surface area contributed by atoms with E-state index in [1.54, 1.807) is 0 Å². The minimum absolute atomic E-state index is 0.460. The quantitative estimate of drug-likeness (QED) is 0.290. The van der Waals surface area contributed by atoms with Crippen LogP contribution in [0.4, 0.5) is 0 Å². The van der Waals surface area contributed by atoms with Crippen LogP contribution in [0.3, 0.4) is 0 Å². The molecule has 1 aliphatic carbocycles. The van der Waals surface area contributed by atoms with Gasteiger partial charge in [-0.25, -0.2) is 4.40 Å². The molecular formula is C32H43N3O2S. The van der Waals surface area contributed by atoms with Crippen LogP contribution in [0.5, 0.6) is 11.5 Å². The Morgan fingerprint density at radius 2 is 1.32 bits per heavy atom. The molecule has 0 saturated heterocycles. The van der Waals surface area contributed by atoms with Gasteiger partial charge in [0, 0.05) is 23.0 Å². The summed E-state index contributed by atoms with van der Waals surface area (Å²) in [4.78, 5) is 0. The fourth-order valence-corrected chi connectivity index (χ4v) is 4.56. The molecular weight excluding hydrogens is 490 g/mol. The first-order chi connectivity index (χ1) is 18.2. The zero-order valence-electron chi connectivity index (χ0n) is 23.9. The molecule has 204 valence electrons. The molecule has 38 heavy (non-hydrogen) atoms. The van der Waals surface area contributed by atoms with Gasteiger partial charge in [-0.2, -0.15) is 0 Å². The van der Waals surface area contributed by atoms with Gasteiger partial charge in [0.05, 0.1) is 30.3 Å². The summed E-state index contributed by atoms with van der Waals surface area (Å²) in [6.45, 7) is 14.3. The van der Waals surface area contributed by atoms with E-state index in [1.807, 2.05) is 42.7 Å². The van der Waals surface area contributed by atoms with Gasteiger partial charge in [-0.1, -0.05) is 70.9 Å². The number of nitrogens with two attached hydrogens (primary N) is 2. The topological polar surface area (TPSA) is 82.9 Å². The normalized spacial score (nSPS) is 17.3. The average Bonchev–Trinajstić information content (AvgIpc) is 2.93. The van der Waals surface area contributed by atoms with Crippen LogP contribution in [-0.4, -0.2) is 25.2 Å². The van der Waals surface area contributed by atoms with Gasteiger partial charge in [0.1, 0.15) is 11.5 Å². The number of hydrogen-bond acceptors (Lipinski definition) is 6. The summed E-state index contributed by atoms with van der Waals surface area (Å²) >= 11 is 1.42. The van der Waals surface area contributed by atoms with Crippen molar-refractivity contribution in [2.75, 3.05) is 19.5 Å². The molecule has 2 aromatic rings. The van der Waals surface area contributed by atoms with E-state index in [0.717, 1.165) is 57.9 Å². The number of rotatable bonds is 11. The van der Waals surface area contributed by atoms with E-state index in [1.165, 1.54) is 17.5 Å². The first kappa shape index (κ1) is 29.4. The van der Waals surface area contributed by atoms with E-state index in [9.17, 15) is 0 Å². The minimum atomic E-state index is 0.460. The highest BCUT2D eigenvalue weighted by atomic mass is 32.2. The summed E-state index contributed by atoms with van der Waals surface area (Å²) in [7, 11) is 0. The predicted octanol–water partition coefficient (Wildman–Crippen LogP) is 7.65. The Hall–Kier alpha value is -3.12. The molecule has 2 aromatic carbocycles. The van der Waals surface area contributed by atoms with Crippen molar-refractivity contribution < 1.29 is 9.47 Å². The summed E-state index contributed by atoms with van der Waals surface area (Å²) in [6.07, 6.45) is 3.92. The van der Waals surface area contributed by atoms with Gasteiger partial charge in [0.2, 0.25) is 0 Å². The Balaban J connectivity index is 2.11. The van der Waals surface area contributed by atoms with Crippen LogP contribution in [0, 0.1) is 11.8 Å². The highest BCUT2D eigenvalue weighted by Gasteiger charge is 2.31. The van der Waals surface area contributed by atoms with Gasteiger partial charge in [-0.3, -0.25) is 0 Å². The monoisotopic (exact) mass is 533 g/mol. The van der Waals surface area contributed by atoms with E-state index in [-0.39, 0.29) is 0 Å². The van der Waals surface area contributed by atoms with Gasteiger partial charge in [0.15, 0.2) is 0 Å². The van der Waals surface area contributed by atoms with Crippen molar-refractivity contribution in [3.63, 3.8) is 0 Å². The molecule has 0 aromatic heterocycles. The van der Waals surface area contributed by atoms with Crippen molar-refractivity contribution in [1.29, 1.82) is 0 Å². The second kappa shape index (κ2) is 13.6. The van der Waals surface area contributed by atoms with Crippen LogP contribution in [0.2, 0.25) is 0 Å². The van der Waals surface area contributed by atoms with E-state index in [2.05, 4.69) is 53.7 Å². The molecule has 0 fully saturated rings. The smallest absolute Gasteiger partial charge is 0.119 e. The molecule has 1 aliphatic rings. The van der Waals surface area contributed by atoms with Crippen molar-refractivity contribution in [2.45, 2.75) is 54.4 Å². The zero-order valence-corrected chi connectivity index (χ0v) is 24.7. The Morgan fingerprint density at radius 1 is 0.816 bits per heavy atom.